The molecule has 0 saturated heterocycles. The van der Waals surface area contributed by atoms with E-state index < -0.39 is 12.0 Å². The molecule has 0 saturated carbocycles. The zero-order chi connectivity index (χ0) is 17.9. The van der Waals surface area contributed by atoms with E-state index in [2.05, 4.69) is 9.97 Å². The van der Waals surface area contributed by atoms with Gasteiger partial charge in [-0.2, -0.15) is 0 Å². The van der Waals surface area contributed by atoms with E-state index >= 15 is 0 Å². The third-order valence-corrected chi connectivity index (χ3v) is 4.02. The van der Waals surface area contributed by atoms with Crippen LogP contribution in [0.25, 0.3) is 23.0 Å². The van der Waals surface area contributed by atoms with Crippen LogP contribution >= 0.6 is 0 Å². The Morgan fingerprint density at radius 2 is 2.00 bits per heavy atom. The number of carboxylic acids is 1. The van der Waals surface area contributed by atoms with Gasteiger partial charge < -0.3 is 18.5 Å². The molecule has 7 heteroatoms. The van der Waals surface area contributed by atoms with E-state index in [-0.39, 0.29) is 6.42 Å². The lowest BCUT2D eigenvalue weighted by atomic mass is 10.1. The van der Waals surface area contributed by atoms with Crippen LogP contribution in [-0.4, -0.2) is 25.6 Å². The van der Waals surface area contributed by atoms with Crippen LogP contribution in [0.15, 0.2) is 76.2 Å². The predicted molar refractivity (Wildman–Crippen MR) is 92.2 cm³/mol. The van der Waals surface area contributed by atoms with Crippen LogP contribution in [0.1, 0.15) is 11.8 Å². The first kappa shape index (κ1) is 15.9. The average Bonchev–Trinajstić information content (AvgIpc) is 3.40. The van der Waals surface area contributed by atoms with Gasteiger partial charge in [-0.1, -0.05) is 18.2 Å². The molecule has 0 amide bonds. The average molecular weight is 349 g/mol. The summed E-state index contributed by atoms with van der Waals surface area (Å²) in [5, 5.41) is 9.66. The number of carboxylic acid groups (broad SMARTS) is 1. The van der Waals surface area contributed by atoms with Gasteiger partial charge >= 0.3 is 5.97 Å². The van der Waals surface area contributed by atoms with E-state index in [9.17, 15) is 9.90 Å². The summed E-state index contributed by atoms with van der Waals surface area (Å²) in [6.07, 6.45) is 6.37. The van der Waals surface area contributed by atoms with Gasteiger partial charge in [0.05, 0.1) is 6.26 Å². The first-order valence-corrected chi connectivity index (χ1v) is 8.01. The number of aliphatic carboxylic acids is 1. The molecule has 1 N–H and O–H groups in total. The SMILES string of the molecule is O=C(O)C(Cc1ccco1)n1ccnc1-c1coc(-c2ccccc2)n1. The van der Waals surface area contributed by atoms with Crippen molar-refractivity contribution < 1.29 is 18.7 Å². The molecule has 3 heterocycles. The Bertz CT molecular complexity index is 1000. The zero-order valence-corrected chi connectivity index (χ0v) is 13.6. The summed E-state index contributed by atoms with van der Waals surface area (Å²) in [4.78, 5) is 20.5. The second-order valence-electron chi connectivity index (χ2n) is 5.70. The lowest BCUT2D eigenvalue weighted by Gasteiger charge is -2.14. The van der Waals surface area contributed by atoms with E-state index in [0.29, 0.717) is 23.2 Å². The highest BCUT2D eigenvalue weighted by Crippen LogP contribution is 2.26. The Balaban J connectivity index is 1.68. The third-order valence-electron chi connectivity index (χ3n) is 4.02. The minimum Gasteiger partial charge on any atom is -0.480 e. The zero-order valence-electron chi connectivity index (χ0n) is 13.6. The van der Waals surface area contributed by atoms with Crippen molar-refractivity contribution >= 4 is 5.97 Å². The molecule has 4 aromatic rings. The summed E-state index contributed by atoms with van der Waals surface area (Å²) in [5.41, 5.74) is 1.31. The highest BCUT2D eigenvalue weighted by atomic mass is 16.4. The highest BCUT2D eigenvalue weighted by Gasteiger charge is 2.25. The molecule has 0 aliphatic carbocycles. The quantitative estimate of drug-likeness (QED) is 0.571. The van der Waals surface area contributed by atoms with Gasteiger partial charge in [0.25, 0.3) is 0 Å². The molecule has 4 rings (SSSR count). The fourth-order valence-electron chi connectivity index (χ4n) is 2.78. The Kier molecular flexibility index (Phi) is 4.10. The monoisotopic (exact) mass is 349 g/mol. The second-order valence-corrected chi connectivity index (χ2v) is 5.70. The summed E-state index contributed by atoms with van der Waals surface area (Å²) in [6.45, 7) is 0. The van der Waals surface area contributed by atoms with Gasteiger partial charge in [0, 0.05) is 24.4 Å². The largest absolute Gasteiger partial charge is 0.480 e. The number of hydrogen-bond donors (Lipinski definition) is 1. The van der Waals surface area contributed by atoms with Crippen LogP contribution in [0.2, 0.25) is 0 Å². The van der Waals surface area contributed by atoms with Gasteiger partial charge in [0.15, 0.2) is 5.82 Å². The van der Waals surface area contributed by atoms with E-state index in [4.69, 9.17) is 8.83 Å². The lowest BCUT2D eigenvalue weighted by molar-refractivity contribution is -0.140. The molecule has 1 atom stereocenters. The number of carbonyl (C=O) groups is 1. The molecule has 7 nitrogen and oxygen atoms in total. The Morgan fingerprint density at radius 3 is 2.73 bits per heavy atom. The van der Waals surface area contributed by atoms with E-state index in [1.807, 2.05) is 30.3 Å². The predicted octanol–water partition coefficient (Wildman–Crippen LogP) is 3.67. The fraction of sp³-hybridized carbons (Fsp3) is 0.105. The van der Waals surface area contributed by atoms with Crippen molar-refractivity contribution in [3.05, 3.63) is 73.1 Å². The topological polar surface area (TPSA) is 94.3 Å². The molecule has 0 fully saturated rings. The summed E-state index contributed by atoms with van der Waals surface area (Å²) >= 11 is 0. The fourth-order valence-corrected chi connectivity index (χ4v) is 2.78. The molecule has 3 aromatic heterocycles. The number of imidazole rings is 1. The van der Waals surface area contributed by atoms with Crippen molar-refractivity contribution in [1.82, 2.24) is 14.5 Å². The molecule has 0 bridgehead atoms. The Labute approximate surface area is 148 Å². The Morgan fingerprint density at radius 1 is 1.15 bits per heavy atom. The smallest absolute Gasteiger partial charge is 0.327 e. The molecular formula is C19H15N3O4. The maximum absolute atomic E-state index is 11.8. The van der Waals surface area contributed by atoms with E-state index in [1.54, 1.807) is 29.1 Å². The summed E-state index contributed by atoms with van der Waals surface area (Å²) in [5.74, 6) is 0.484. The Hall–Kier alpha value is -3.61. The lowest BCUT2D eigenvalue weighted by Crippen LogP contribution is -2.21. The molecule has 0 spiro atoms. The maximum Gasteiger partial charge on any atom is 0.327 e. The van der Waals surface area contributed by atoms with Crippen LogP contribution in [0.4, 0.5) is 0 Å². The van der Waals surface area contributed by atoms with Crippen LogP contribution in [0.5, 0.6) is 0 Å². The molecule has 0 radical (unpaired) electrons. The molecule has 0 aliphatic rings. The maximum atomic E-state index is 11.8. The van der Waals surface area contributed by atoms with Gasteiger partial charge in [-0.15, -0.1) is 0 Å². The number of rotatable bonds is 6. The van der Waals surface area contributed by atoms with Crippen molar-refractivity contribution in [1.29, 1.82) is 0 Å². The van der Waals surface area contributed by atoms with Crippen molar-refractivity contribution in [3.8, 4) is 23.0 Å². The van der Waals surface area contributed by atoms with Crippen LogP contribution in [0.3, 0.4) is 0 Å². The molecular weight excluding hydrogens is 334 g/mol. The first-order valence-electron chi connectivity index (χ1n) is 8.01. The molecule has 1 unspecified atom stereocenters. The number of nitrogens with zero attached hydrogens (tertiary/aromatic N) is 3. The van der Waals surface area contributed by atoms with Crippen molar-refractivity contribution in [2.45, 2.75) is 12.5 Å². The van der Waals surface area contributed by atoms with Gasteiger partial charge in [-0.25, -0.2) is 14.8 Å². The first-order chi connectivity index (χ1) is 12.7. The minimum atomic E-state index is -0.979. The number of oxazole rings is 1. The minimum absolute atomic E-state index is 0.203. The molecule has 130 valence electrons. The normalized spacial score (nSPS) is 12.2. The number of hydrogen-bond acceptors (Lipinski definition) is 5. The van der Waals surface area contributed by atoms with Crippen LogP contribution in [-0.2, 0) is 11.2 Å². The highest BCUT2D eigenvalue weighted by molar-refractivity contribution is 5.73. The van der Waals surface area contributed by atoms with Crippen molar-refractivity contribution in [2.24, 2.45) is 0 Å². The molecule has 1 aromatic carbocycles. The van der Waals surface area contributed by atoms with Crippen LogP contribution in [0, 0.1) is 0 Å². The number of furan rings is 1. The number of benzene rings is 1. The molecule has 0 aliphatic heterocycles. The summed E-state index contributed by atoms with van der Waals surface area (Å²) in [7, 11) is 0. The van der Waals surface area contributed by atoms with Crippen molar-refractivity contribution in [2.75, 3.05) is 0 Å². The molecule has 26 heavy (non-hydrogen) atoms. The third kappa shape index (κ3) is 3.02. The standard InChI is InChI=1S/C19H15N3O4/c23-19(24)16(11-14-7-4-10-25-14)22-9-8-20-17(22)15-12-26-18(21-15)13-5-2-1-3-6-13/h1-10,12,16H,11H2,(H,23,24). The van der Waals surface area contributed by atoms with Crippen LogP contribution < -0.4 is 0 Å². The van der Waals surface area contributed by atoms with E-state index in [1.165, 1.54) is 12.5 Å². The van der Waals surface area contributed by atoms with E-state index in [0.717, 1.165) is 5.56 Å². The summed E-state index contributed by atoms with van der Waals surface area (Å²) in [6, 6.07) is 12.1. The second kappa shape index (κ2) is 6.72. The number of aromatic nitrogens is 3. The van der Waals surface area contributed by atoms with Gasteiger partial charge in [-0.05, 0) is 24.3 Å². The van der Waals surface area contributed by atoms with Gasteiger partial charge in [0.1, 0.15) is 23.8 Å². The van der Waals surface area contributed by atoms with Gasteiger partial charge in [0.2, 0.25) is 5.89 Å². The summed E-state index contributed by atoms with van der Waals surface area (Å²) < 4.78 is 12.4. The van der Waals surface area contributed by atoms with Crippen molar-refractivity contribution in [3.63, 3.8) is 0 Å². The van der Waals surface area contributed by atoms with Gasteiger partial charge in [-0.3, -0.25) is 0 Å².